The highest BCUT2D eigenvalue weighted by Gasteiger charge is 2.17. The van der Waals surface area contributed by atoms with E-state index in [0.29, 0.717) is 5.92 Å². The van der Waals surface area contributed by atoms with E-state index in [0.717, 1.165) is 8.58 Å². The highest BCUT2D eigenvalue weighted by Crippen LogP contribution is 2.38. The van der Waals surface area contributed by atoms with E-state index in [2.05, 4.69) is 50.0 Å². The summed E-state index contributed by atoms with van der Waals surface area (Å²) >= 11 is 0. The number of benzene rings is 1. The zero-order chi connectivity index (χ0) is 10.8. The molecule has 1 atom stereocenters. The summed E-state index contributed by atoms with van der Waals surface area (Å²) < 4.78 is 0. The summed E-state index contributed by atoms with van der Waals surface area (Å²) in [6, 6.07) is 8.49. The Morgan fingerprint density at radius 2 is 2.07 bits per heavy atom. The van der Waals surface area contributed by atoms with Crippen molar-refractivity contribution in [3.05, 3.63) is 47.9 Å². The molecule has 1 nitrogen and oxygen atoms in total. The van der Waals surface area contributed by atoms with E-state index in [9.17, 15) is 0 Å². The quantitative estimate of drug-likeness (QED) is 0.748. The Morgan fingerprint density at radius 3 is 2.73 bits per heavy atom. The Morgan fingerprint density at radius 1 is 1.33 bits per heavy atom. The van der Waals surface area contributed by atoms with Gasteiger partial charge in [-0.05, 0) is 23.4 Å². The lowest BCUT2D eigenvalue weighted by Crippen LogP contribution is -2.15. The number of nitrogens with one attached hydrogen (secondary N) is 1. The molecule has 78 valence electrons. The van der Waals surface area contributed by atoms with E-state index in [4.69, 9.17) is 0 Å². The summed E-state index contributed by atoms with van der Waals surface area (Å²) in [5.41, 5.74) is 2.43. The lowest BCUT2D eigenvalue weighted by atomic mass is 10.1. The van der Waals surface area contributed by atoms with Gasteiger partial charge >= 0.3 is 0 Å². The molecule has 2 rings (SSSR count). The Bertz CT molecular complexity index is 418. The van der Waals surface area contributed by atoms with E-state index in [1.807, 2.05) is 6.08 Å². The van der Waals surface area contributed by atoms with Crippen LogP contribution < -0.4 is 10.6 Å². The molecule has 2 heteroatoms. The minimum Gasteiger partial charge on any atom is -0.355 e. The summed E-state index contributed by atoms with van der Waals surface area (Å²) in [6.45, 7) is 8.35. The molecule has 0 saturated carbocycles. The summed E-state index contributed by atoms with van der Waals surface area (Å²) in [5, 5.41) is 6.33. The predicted molar refractivity (Wildman–Crippen MR) is 70.1 cm³/mol. The van der Waals surface area contributed by atoms with Gasteiger partial charge in [-0.3, -0.25) is 0 Å². The highest BCUT2D eigenvalue weighted by atomic mass is 31.1. The lowest BCUT2D eigenvalue weighted by molar-refractivity contribution is 0.808. The molecule has 1 aliphatic rings. The topological polar surface area (TPSA) is 12.0 Å². The normalized spacial score (nSPS) is 16.5. The number of hydrogen-bond donors (Lipinski definition) is 1. The maximum Gasteiger partial charge on any atom is 0.0462 e. The summed E-state index contributed by atoms with van der Waals surface area (Å²) in [6.07, 6.45) is 1.93. The van der Waals surface area contributed by atoms with Gasteiger partial charge in [0, 0.05) is 16.7 Å². The smallest absolute Gasteiger partial charge is 0.0462 e. The van der Waals surface area contributed by atoms with E-state index < -0.39 is 0 Å². The van der Waals surface area contributed by atoms with Gasteiger partial charge in [-0.25, -0.2) is 0 Å². The first-order valence-corrected chi connectivity index (χ1v) is 6.22. The molecule has 0 bridgehead atoms. The van der Waals surface area contributed by atoms with Crippen LogP contribution in [0.3, 0.4) is 0 Å². The molecule has 0 amide bonds. The van der Waals surface area contributed by atoms with Gasteiger partial charge in [0.1, 0.15) is 0 Å². The Labute approximate surface area is 93.1 Å². The number of rotatable bonds is 2. The first kappa shape index (κ1) is 10.4. The molecule has 0 radical (unpaired) electrons. The van der Waals surface area contributed by atoms with Crippen molar-refractivity contribution in [3.63, 3.8) is 0 Å². The molecule has 0 saturated heterocycles. The molecular formula is C13H16NP. The van der Waals surface area contributed by atoms with Crippen molar-refractivity contribution in [1.82, 2.24) is 0 Å². The van der Waals surface area contributed by atoms with E-state index in [1.54, 1.807) is 0 Å². The van der Waals surface area contributed by atoms with Crippen LogP contribution in [0.15, 0.2) is 47.9 Å². The number of para-hydroxylation sites is 1. The van der Waals surface area contributed by atoms with Crippen LogP contribution in [0.2, 0.25) is 0 Å². The van der Waals surface area contributed by atoms with Crippen LogP contribution in [0.5, 0.6) is 0 Å². The molecule has 1 aromatic carbocycles. The van der Waals surface area contributed by atoms with Crippen LogP contribution >= 0.6 is 8.58 Å². The third-order valence-corrected chi connectivity index (χ3v) is 4.36. The molecule has 0 spiro atoms. The average Bonchev–Trinajstić information content (AvgIpc) is 2.27. The van der Waals surface area contributed by atoms with Crippen LogP contribution in [0.25, 0.3) is 0 Å². The van der Waals surface area contributed by atoms with E-state index >= 15 is 0 Å². The fourth-order valence-electron chi connectivity index (χ4n) is 1.74. The molecule has 15 heavy (non-hydrogen) atoms. The average molecular weight is 217 g/mol. The fourth-order valence-corrected chi connectivity index (χ4v) is 3.08. The Balaban J connectivity index is 2.41. The molecular weight excluding hydrogens is 201 g/mol. The zero-order valence-electron chi connectivity index (χ0n) is 9.17. The Kier molecular flexibility index (Phi) is 2.93. The lowest BCUT2D eigenvalue weighted by Gasteiger charge is -2.25. The van der Waals surface area contributed by atoms with Gasteiger partial charge in [-0.15, -0.1) is 0 Å². The van der Waals surface area contributed by atoms with Crippen molar-refractivity contribution >= 4 is 19.6 Å². The molecule has 1 N–H and O–H groups in total. The SMILES string of the molecule is C=CC1=C(C(C)C)Pc2ccccc2N1. The second-order valence-electron chi connectivity index (χ2n) is 3.98. The largest absolute Gasteiger partial charge is 0.355 e. The molecule has 1 aromatic rings. The van der Waals surface area contributed by atoms with Crippen molar-refractivity contribution in [1.29, 1.82) is 0 Å². The summed E-state index contributed by atoms with van der Waals surface area (Å²) in [7, 11) is 0.777. The first-order chi connectivity index (χ1) is 7.22. The van der Waals surface area contributed by atoms with Gasteiger partial charge in [0.25, 0.3) is 0 Å². The molecule has 1 unspecified atom stereocenters. The molecule has 0 aromatic heterocycles. The van der Waals surface area contributed by atoms with Gasteiger partial charge in [-0.2, -0.15) is 0 Å². The van der Waals surface area contributed by atoms with Crippen LogP contribution in [0.4, 0.5) is 5.69 Å². The molecule has 0 aliphatic carbocycles. The van der Waals surface area contributed by atoms with Gasteiger partial charge < -0.3 is 5.32 Å². The number of hydrogen-bond acceptors (Lipinski definition) is 1. The van der Waals surface area contributed by atoms with Crippen molar-refractivity contribution in [2.45, 2.75) is 13.8 Å². The summed E-state index contributed by atoms with van der Waals surface area (Å²) in [4.78, 5) is 0. The van der Waals surface area contributed by atoms with E-state index in [1.165, 1.54) is 22.0 Å². The zero-order valence-corrected chi connectivity index (χ0v) is 10.2. The minimum atomic E-state index is 0.581. The van der Waals surface area contributed by atoms with Crippen molar-refractivity contribution in [3.8, 4) is 0 Å². The number of anilines is 1. The van der Waals surface area contributed by atoms with Crippen molar-refractivity contribution in [2.75, 3.05) is 5.32 Å². The van der Waals surface area contributed by atoms with Gasteiger partial charge in [0.2, 0.25) is 0 Å². The van der Waals surface area contributed by atoms with Crippen LogP contribution in [0, 0.1) is 5.92 Å². The van der Waals surface area contributed by atoms with Crippen LogP contribution in [-0.4, -0.2) is 0 Å². The number of allylic oxidation sites excluding steroid dienone is 2. The fraction of sp³-hybridized carbons (Fsp3) is 0.231. The van der Waals surface area contributed by atoms with Gasteiger partial charge in [-0.1, -0.05) is 47.2 Å². The molecule has 0 fully saturated rings. The molecule has 1 heterocycles. The third kappa shape index (κ3) is 1.98. The minimum absolute atomic E-state index is 0.581. The van der Waals surface area contributed by atoms with Crippen LogP contribution in [-0.2, 0) is 0 Å². The van der Waals surface area contributed by atoms with Crippen LogP contribution in [0.1, 0.15) is 13.8 Å². The third-order valence-electron chi connectivity index (χ3n) is 2.54. The number of fused-ring (bicyclic) bond motifs is 1. The van der Waals surface area contributed by atoms with Gasteiger partial charge in [0.05, 0.1) is 0 Å². The predicted octanol–water partition coefficient (Wildman–Crippen LogP) is 3.47. The summed E-state index contributed by atoms with van der Waals surface area (Å²) in [5.74, 6) is 0.581. The second-order valence-corrected chi connectivity index (χ2v) is 5.31. The maximum atomic E-state index is 3.87. The van der Waals surface area contributed by atoms with Crippen molar-refractivity contribution < 1.29 is 0 Å². The van der Waals surface area contributed by atoms with Gasteiger partial charge in [0.15, 0.2) is 0 Å². The monoisotopic (exact) mass is 217 g/mol. The standard InChI is InChI=1S/C13H16NP/c1-4-10-13(9(2)3)15-12-8-6-5-7-11(12)14-10/h4-9,14-15H,1H2,2-3H3. The maximum absolute atomic E-state index is 3.87. The first-order valence-electron chi connectivity index (χ1n) is 5.22. The Hall–Kier alpha value is -1.07. The highest BCUT2D eigenvalue weighted by molar-refractivity contribution is 7.52. The second kappa shape index (κ2) is 4.20. The van der Waals surface area contributed by atoms with E-state index in [-0.39, 0.29) is 0 Å². The van der Waals surface area contributed by atoms with Crippen molar-refractivity contribution in [2.24, 2.45) is 5.92 Å². The molecule has 1 aliphatic heterocycles.